The number of aryl methyl sites for hydroxylation is 1. The summed E-state index contributed by atoms with van der Waals surface area (Å²) in [6, 6.07) is 25.4. The Morgan fingerprint density at radius 1 is 0.766 bits per heavy atom. The molecule has 1 atom stereocenters. The normalized spacial score (nSPS) is 13.3. The van der Waals surface area contributed by atoms with Crippen LogP contribution < -0.4 is 15.5 Å². The molecule has 4 N–H and O–H groups in total. The maximum atomic E-state index is 13.8. The summed E-state index contributed by atoms with van der Waals surface area (Å²) in [7, 11) is 0. The number of hydrogen-bond donors (Lipinski definition) is 4. The van der Waals surface area contributed by atoms with Crippen molar-refractivity contribution in [1.82, 2.24) is 15.2 Å². The van der Waals surface area contributed by atoms with Gasteiger partial charge in [0.2, 0.25) is 5.91 Å². The third kappa shape index (κ3) is 16.0. The molecule has 0 radical (unpaired) electrons. The number of nitrogens with one attached hydrogen (secondary N) is 2. The van der Waals surface area contributed by atoms with Gasteiger partial charge in [0.15, 0.2) is 0 Å². The van der Waals surface area contributed by atoms with Gasteiger partial charge in [0.05, 0.1) is 89.9 Å². The van der Waals surface area contributed by atoms with Crippen LogP contribution in [0.25, 0.3) is 11.3 Å². The van der Waals surface area contributed by atoms with Gasteiger partial charge in [0, 0.05) is 66.3 Å². The molecule has 346 valence electrons. The number of hydrogen-bond acceptors (Lipinski definition) is 12. The van der Waals surface area contributed by atoms with E-state index in [1.54, 1.807) is 30.1 Å². The van der Waals surface area contributed by atoms with Gasteiger partial charge < -0.3 is 49.6 Å². The van der Waals surface area contributed by atoms with E-state index < -0.39 is 0 Å². The summed E-state index contributed by atoms with van der Waals surface area (Å²) < 4.78 is 22.3. The molecule has 64 heavy (non-hydrogen) atoms. The predicted octanol–water partition coefficient (Wildman–Crippen LogP) is 6.16. The number of rotatable bonds is 29. The van der Waals surface area contributed by atoms with Gasteiger partial charge in [-0.2, -0.15) is 11.8 Å². The Bertz CT molecular complexity index is 2050. The van der Waals surface area contributed by atoms with E-state index in [9.17, 15) is 14.4 Å². The van der Waals surface area contributed by atoms with Crippen LogP contribution >= 0.6 is 11.8 Å². The molecule has 0 unspecified atom stereocenters. The molecule has 14 nitrogen and oxygen atoms in total. The first-order valence-corrected chi connectivity index (χ1v) is 23.5. The highest BCUT2D eigenvalue weighted by Gasteiger charge is 2.23. The van der Waals surface area contributed by atoms with Gasteiger partial charge in [-0.3, -0.25) is 19.4 Å². The van der Waals surface area contributed by atoms with Crippen molar-refractivity contribution in [2.24, 2.45) is 0 Å². The average molecular weight is 900 g/mol. The van der Waals surface area contributed by atoms with Crippen LogP contribution in [0.4, 0.5) is 11.4 Å². The Kier molecular flexibility index (Phi) is 22.0. The third-order valence-corrected chi connectivity index (χ3v) is 11.8. The second-order valence-corrected chi connectivity index (χ2v) is 16.3. The number of fused-ring (bicyclic) bond motifs is 1. The molecular formula is C49H65N5O9S. The van der Waals surface area contributed by atoms with Crippen molar-refractivity contribution in [2.45, 2.75) is 51.3 Å². The Morgan fingerprint density at radius 3 is 2.17 bits per heavy atom. The molecule has 0 saturated heterocycles. The van der Waals surface area contributed by atoms with Crippen LogP contribution in [0.1, 0.15) is 76.6 Å². The lowest BCUT2D eigenvalue weighted by Gasteiger charge is -2.26. The molecule has 5 rings (SSSR count). The minimum Gasteiger partial charge on any atom is -0.395 e. The van der Waals surface area contributed by atoms with Crippen LogP contribution in [0.15, 0.2) is 85.1 Å². The average Bonchev–Trinajstić information content (AvgIpc) is 3.32. The Balaban J connectivity index is 1.03. The van der Waals surface area contributed by atoms with Crippen LogP contribution in [-0.4, -0.2) is 136 Å². The van der Waals surface area contributed by atoms with Crippen LogP contribution in [0.3, 0.4) is 0 Å². The molecule has 1 aromatic heterocycles. The molecule has 0 fully saturated rings. The quantitative estimate of drug-likeness (QED) is 0.0459. The van der Waals surface area contributed by atoms with Crippen LogP contribution in [0.2, 0.25) is 0 Å². The molecule has 1 aliphatic carbocycles. The van der Waals surface area contributed by atoms with Crippen molar-refractivity contribution in [2.75, 3.05) is 108 Å². The summed E-state index contributed by atoms with van der Waals surface area (Å²) in [6.45, 7) is 9.26. The number of aromatic nitrogens is 1. The molecule has 0 saturated carbocycles. The fourth-order valence-electron chi connectivity index (χ4n) is 7.49. The number of benzene rings is 3. The van der Waals surface area contributed by atoms with E-state index in [0.29, 0.717) is 68.8 Å². The number of aliphatic hydroxyl groups is 2. The minimum absolute atomic E-state index is 0.0473. The minimum atomic E-state index is -0.235. The van der Waals surface area contributed by atoms with Crippen LogP contribution in [-0.2, 0) is 35.9 Å². The largest absolute Gasteiger partial charge is 0.395 e. The number of ether oxygens (including phenoxy) is 4. The van der Waals surface area contributed by atoms with E-state index in [4.69, 9.17) is 34.1 Å². The second kappa shape index (κ2) is 28.1. The summed E-state index contributed by atoms with van der Waals surface area (Å²) in [6.07, 6.45) is 4.77. The molecule has 0 spiro atoms. The van der Waals surface area contributed by atoms with Gasteiger partial charge in [-0.25, -0.2) is 0 Å². The predicted molar refractivity (Wildman–Crippen MR) is 252 cm³/mol. The van der Waals surface area contributed by atoms with Gasteiger partial charge in [-0.05, 0) is 92.3 Å². The zero-order valence-corrected chi connectivity index (χ0v) is 38.1. The summed E-state index contributed by atoms with van der Waals surface area (Å²) in [4.78, 5) is 47.9. The van der Waals surface area contributed by atoms with Gasteiger partial charge in [0.25, 0.3) is 11.8 Å². The fourth-order valence-corrected chi connectivity index (χ4v) is 8.29. The number of carbonyl (C=O) groups excluding carboxylic acids is 3. The van der Waals surface area contributed by atoms with E-state index in [1.165, 1.54) is 16.0 Å². The molecular weight excluding hydrogens is 835 g/mol. The highest BCUT2D eigenvalue weighted by atomic mass is 32.2. The van der Waals surface area contributed by atoms with Crippen molar-refractivity contribution in [1.29, 1.82) is 0 Å². The Labute approximate surface area is 382 Å². The molecule has 0 bridgehead atoms. The third-order valence-electron chi connectivity index (χ3n) is 10.9. The first-order valence-electron chi connectivity index (χ1n) is 22.4. The number of amides is 3. The second-order valence-electron chi connectivity index (χ2n) is 15.2. The van der Waals surface area contributed by atoms with E-state index >= 15 is 0 Å². The smallest absolute Gasteiger partial charge is 0.255 e. The lowest BCUT2D eigenvalue weighted by atomic mass is 9.87. The van der Waals surface area contributed by atoms with E-state index in [-0.39, 0.29) is 63.1 Å². The molecule has 1 heterocycles. The number of carbonyl (C=O) groups is 3. The van der Waals surface area contributed by atoms with E-state index in [1.807, 2.05) is 54.6 Å². The zero-order valence-electron chi connectivity index (χ0n) is 37.3. The Hall–Kier alpha value is -4.87. The van der Waals surface area contributed by atoms with Crippen molar-refractivity contribution in [3.63, 3.8) is 0 Å². The first-order chi connectivity index (χ1) is 31.3. The number of thioether (sulfide) groups is 1. The standard InChI is InChI=1S/C49H65N5O9S/c1-3-53(4-2)41-15-16-45(43(35-41)46-34-40(17-19-50-46)49(59)51-44-14-8-11-38-10-5-6-13-42(38)44)52-48(58)39-12-7-9-37(33-39)36-64-32-31-63-30-29-62-28-27-61-26-25-60-24-18-47(57)54(20-22-55)21-23-56/h5-7,9-10,12-13,15-17,19,33-35,44,55-56H,3-4,8,11,14,18,20-32,36H2,1-2H3,(H,51,59)(H,52,58)/t44-/m0/s1. The first kappa shape index (κ1) is 50.1. The van der Waals surface area contributed by atoms with Crippen molar-refractivity contribution < 1.29 is 43.5 Å². The molecule has 15 heteroatoms. The summed E-state index contributed by atoms with van der Waals surface area (Å²) in [5.74, 6) is 0.946. The Morgan fingerprint density at radius 2 is 1.45 bits per heavy atom. The van der Waals surface area contributed by atoms with Gasteiger partial charge >= 0.3 is 0 Å². The zero-order chi connectivity index (χ0) is 45.4. The molecule has 0 aliphatic heterocycles. The van der Waals surface area contributed by atoms with E-state index in [2.05, 4.69) is 41.5 Å². The van der Waals surface area contributed by atoms with E-state index in [0.717, 1.165) is 60.7 Å². The SMILES string of the molecule is CCN(CC)c1ccc(NC(=O)c2cccc(CSCCOCCOCCOCCOCCC(=O)N(CCO)CCO)c2)c(-c2cc(C(=O)N[C@H]3CCCc4ccccc43)ccn2)c1. The number of aliphatic hydroxyl groups excluding tert-OH is 2. The molecule has 3 aromatic carbocycles. The van der Waals surface area contributed by atoms with Crippen LogP contribution in [0.5, 0.6) is 0 Å². The summed E-state index contributed by atoms with van der Waals surface area (Å²) >= 11 is 1.72. The molecule has 3 amide bonds. The number of pyridine rings is 1. The maximum absolute atomic E-state index is 13.8. The number of nitrogens with zero attached hydrogens (tertiary/aromatic N) is 3. The monoisotopic (exact) mass is 899 g/mol. The highest BCUT2D eigenvalue weighted by molar-refractivity contribution is 7.98. The lowest BCUT2D eigenvalue weighted by molar-refractivity contribution is -0.133. The van der Waals surface area contributed by atoms with Crippen molar-refractivity contribution in [3.8, 4) is 11.3 Å². The summed E-state index contributed by atoms with van der Waals surface area (Å²) in [5, 5.41) is 24.5. The van der Waals surface area contributed by atoms with Gasteiger partial charge in [-0.15, -0.1) is 0 Å². The summed E-state index contributed by atoms with van der Waals surface area (Å²) in [5.41, 5.74) is 7.48. The topological polar surface area (TPSA) is 172 Å². The molecule has 1 aliphatic rings. The maximum Gasteiger partial charge on any atom is 0.255 e. The van der Waals surface area contributed by atoms with Gasteiger partial charge in [-0.1, -0.05) is 36.4 Å². The fraction of sp³-hybridized carbons (Fsp3) is 0.469. The van der Waals surface area contributed by atoms with Crippen molar-refractivity contribution >= 4 is 40.9 Å². The molecule has 4 aromatic rings. The highest BCUT2D eigenvalue weighted by Crippen LogP contribution is 2.33. The number of anilines is 2. The van der Waals surface area contributed by atoms with Gasteiger partial charge in [0.1, 0.15) is 0 Å². The van der Waals surface area contributed by atoms with Crippen LogP contribution in [0, 0.1) is 0 Å². The lowest BCUT2D eigenvalue weighted by Crippen LogP contribution is -2.36. The van der Waals surface area contributed by atoms with Crippen molar-refractivity contribution in [3.05, 3.63) is 113 Å².